The van der Waals surface area contributed by atoms with Gasteiger partial charge in [0.15, 0.2) is 5.82 Å². The maximum Gasteiger partial charge on any atom is 0.338 e. The number of esters is 1. The highest BCUT2D eigenvalue weighted by Crippen LogP contribution is 2.39. The Hall–Kier alpha value is -5.99. The molecule has 65 heavy (non-hydrogen) atoms. The second-order valence-electron chi connectivity index (χ2n) is 18.6. The Morgan fingerprint density at radius 3 is 1.54 bits per heavy atom. The predicted molar refractivity (Wildman–Crippen MR) is 265 cm³/mol. The molecule has 0 aliphatic heterocycles. The number of para-hydroxylation sites is 1. The van der Waals surface area contributed by atoms with E-state index in [-0.39, 0.29) is 16.7 Å². The number of aromatic nitrogens is 4. The van der Waals surface area contributed by atoms with Gasteiger partial charge in [0.05, 0.1) is 24.0 Å². The normalized spacial score (nSPS) is 13.2. The highest BCUT2D eigenvalue weighted by atomic mass is 28.4. The smallest absolute Gasteiger partial charge is 0.338 e. The second-order valence-corrected chi connectivity index (χ2v) is 27.1. The van der Waals surface area contributed by atoms with Gasteiger partial charge in [0.25, 0.3) is 8.32 Å². The lowest BCUT2D eigenvalue weighted by Crippen LogP contribution is -2.68. The van der Waals surface area contributed by atoms with Gasteiger partial charge in [-0.2, -0.15) is 4.68 Å². The Balaban J connectivity index is 1.12. The van der Waals surface area contributed by atoms with E-state index < -0.39 is 34.8 Å². The van der Waals surface area contributed by atoms with Gasteiger partial charge in [0.1, 0.15) is 11.9 Å². The minimum Gasteiger partial charge on any atom is -0.534 e. The van der Waals surface area contributed by atoms with E-state index in [9.17, 15) is 4.79 Å². The van der Waals surface area contributed by atoms with Crippen molar-refractivity contribution in [1.82, 2.24) is 20.2 Å². The first kappa shape index (κ1) is 47.0. The van der Waals surface area contributed by atoms with Crippen LogP contribution in [0.15, 0.2) is 176 Å². The minimum absolute atomic E-state index is 0.140. The van der Waals surface area contributed by atoms with E-state index in [2.05, 4.69) is 154 Å². The van der Waals surface area contributed by atoms with Gasteiger partial charge >= 0.3 is 14.3 Å². The first-order valence-electron chi connectivity index (χ1n) is 22.6. The Labute approximate surface area is 387 Å². The highest BCUT2D eigenvalue weighted by molar-refractivity contribution is 7.00. The van der Waals surface area contributed by atoms with Crippen LogP contribution in [0.2, 0.25) is 10.1 Å². The molecule has 1 aromatic heterocycles. The summed E-state index contributed by atoms with van der Waals surface area (Å²) < 4.78 is 29.3. The van der Waals surface area contributed by atoms with Gasteiger partial charge in [-0.25, -0.2) is 4.79 Å². The summed E-state index contributed by atoms with van der Waals surface area (Å²) in [6.07, 6.45) is 1.05. The van der Waals surface area contributed by atoms with Crippen molar-refractivity contribution in [1.29, 1.82) is 0 Å². The number of ether oxygens (including phenoxy) is 2. The topological polar surface area (TPSA) is 97.6 Å². The van der Waals surface area contributed by atoms with Crippen LogP contribution in [-0.4, -0.2) is 68.2 Å². The summed E-state index contributed by atoms with van der Waals surface area (Å²) in [7, 11) is -5.86. The van der Waals surface area contributed by atoms with Crippen molar-refractivity contribution in [3.63, 3.8) is 0 Å². The Morgan fingerprint density at radius 2 is 1.06 bits per heavy atom. The van der Waals surface area contributed by atoms with E-state index in [0.29, 0.717) is 24.3 Å². The summed E-state index contributed by atoms with van der Waals surface area (Å²) in [6.45, 7) is 16.0. The van der Waals surface area contributed by atoms with E-state index >= 15 is 0 Å². The standard InChI is InChI=1S/C54H62N4O5Si2/c1-42(60-40-24-23-35-51-55-56-57-58(51)44-25-13-8-14-26-44)50(41-61-64(53(2,3)4,46-27-15-9-16-28-46)47-29-17-10-18-30-47)62-52(59)43-36-38-45(39-37-43)63-65(54(5,6)7,48-31-19-11-20-32-48)49-33-21-12-22-34-49/h8-22,25-34,36-39,42,50H,23-24,35,40-41H2,1-7H3/t42?,50-/m0/s1. The lowest BCUT2D eigenvalue weighted by atomic mass is 10.2. The van der Waals surface area contributed by atoms with Crippen LogP contribution >= 0.6 is 0 Å². The number of rotatable bonds is 19. The molecule has 7 rings (SSSR count). The van der Waals surface area contributed by atoms with Gasteiger partial charge in [0, 0.05) is 13.0 Å². The van der Waals surface area contributed by atoms with Crippen LogP contribution in [0.1, 0.15) is 77.5 Å². The fraction of sp³-hybridized carbons (Fsp3) is 0.296. The van der Waals surface area contributed by atoms with Crippen LogP contribution in [0, 0.1) is 0 Å². The zero-order valence-corrected chi connectivity index (χ0v) is 40.8. The molecule has 0 fully saturated rings. The third-order valence-electron chi connectivity index (χ3n) is 12.2. The molecule has 0 radical (unpaired) electrons. The Morgan fingerprint density at radius 1 is 0.600 bits per heavy atom. The lowest BCUT2D eigenvalue weighted by Gasteiger charge is -2.44. The molecule has 2 atom stereocenters. The predicted octanol–water partition coefficient (Wildman–Crippen LogP) is 9.13. The van der Waals surface area contributed by atoms with Crippen molar-refractivity contribution in [2.75, 3.05) is 13.2 Å². The molecule has 1 heterocycles. The van der Waals surface area contributed by atoms with E-state index in [4.69, 9.17) is 18.3 Å². The molecule has 0 aliphatic carbocycles. The van der Waals surface area contributed by atoms with Gasteiger partial charge in [-0.1, -0.05) is 181 Å². The molecule has 9 nitrogen and oxygen atoms in total. The molecule has 7 aromatic rings. The van der Waals surface area contributed by atoms with Crippen LogP contribution in [0.5, 0.6) is 5.75 Å². The third-order valence-corrected chi connectivity index (χ3v) is 22.1. The van der Waals surface area contributed by atoms with E-state index in [1.807, 2.05) is 73.7 Å². The molecule has 1 unspecified atom stereocenters. The molecule has 0 bridgehead atoms. The van der Waals surface area contributed by atoms with Crippen LogP contribution in [0.4, 0.5) is 0 Å². The molecule has 0 amide bonds. The van der Waals surface area contributed by atoms with Crippen LogP contribution in [0.25, 0.3) is 5.69 Å². The van der Waals surface area contributed by atoms with Gasteiger partial charge in [-0.05, 0) is 97.4 Å². The van der Waals surface area contributed by atoms with E-state index in [1.54, 1.807) is 16.8 Å². The molecule has 0 spiro atoms. The quantitative estimate of drug-likeness (QED) is 0.0451. The summed E-state index contributed by atoms with van der Waals surface area (Å²) in [5.41, 5.74) is 1.34. The molecular weight excluding hydrogens is 841 g/mol. The largest absolute Gasteiger partial charge is 0.534 e. The molecular formula is C54H62N4O5Si2. The molecule has 11 heteroatoms. The van der Waals surface area contributed by atoms with Gasteiger partial charge in [-0.3, -0.25) is 0 Å². The summed E-state index contributed by atoms with van der Waals surface area (Å²) in [4.78, 5) is 14.3. The fourth-order valence-electron chi connectivity index (χ4n) is 8.82. The number of carbonyl (C=O) groups is 1. The molecule has 0 saturated carbocycles. The number of unbranched alkanes of at least 4 members (excludes halogenated alkanes) is 1. The number of benzene rings is 6. The summed E-state index contributed by atoms with van der Waals surface area (Å²) >= 11 is 0. The number of carbonyl (C=O) groups excluding carboxylic acids is 1. The van der Waals surface area contributed by atoms with Gasteiger partial charge < -0.3 is 18.3 Å². The monoisotopic (exact) mass is 902 g/mol. The first-order chi connectivity index (χ1) is 31.3. The van der Waals surface area contributed by atoms with Crippen molar-refractivity contribution in [2.24, 2.45) is 0 Å². The van der Waals surface area contributed by atoms with Crippen molar-refractivity contribution >= 4 is 43.4 Å². The zero-order valence-electron chi connectivity index (χ0n) is 38.8. The Kier molecular flexibility index (Phi) is 15.1. The number of hydrogen-bond acceptors (Lipinski definition) is 8. The SMILES string of the molecule is CC(OCCCCc1nnnn1-c1ccccc1)[C@H](CO[Si](c1ccccc1)(c1ccccc1)C(C)(C)C)OC(=O)c1ccc(O[Si](c2ccccc2)(c2ccccc2)C(C)(C)C)cc1. The van der Waals surface area contributed by atoms with E-state index in [1.165, 1.54) is 10.4 Å². The molecule has 0 saturated heterocycles. The average molecular weight is 903 g/mol. The van der Waals surface area contributed by atoms with Crippen molar-refractivity contribution in [2.45, 2.75) is 90.0 Å². The number of aryl methyl sites for hydroxylation is 1. The molecule has 0 aliphatic rings. The Bertz CT molecular complexity index is 2450. The van der Waals surface area contributed by atoms with Gasteiger partial charge in [0.2, 0.25) is 0 Å². The maximum absolute atomic E-state index is 14.3. The first-order valence-corrected chi connectivity index (χ1v) is 26.5. The third kappa shape index (κ3) is 10.6. The molecule has 0 N–H and O–H groups in total. The van der Waals surface area contributed by atoms with Gasteiger partial charge in [-0.15, -0.1) is 5.10 Å². The fourth-order valence-corrected chi connectivity index (χ4v) is 17.8. The van der Waals surface area contributed by atoms with Crippen LogP contribution < -0.4 is 25.2 Å². The zero-order chi connectivity index (χ0) is 45.9. The summed E-state index contributed by atoms with van der Waals surface area (Å²) in [5.74, 6) is 1.02. The van der Waals surface area contributed by atoms with Crippen LogP contribution in [-0.2, 0) is 20.3 Å². The number of nitrogens with zero attached hydrogens (tertiary/aromatic N) is 4. The maximum atomic E-state index is 14.3. The van der Waals surface area contributed by atoms with Crippen molar-refractivity contribution < 1.29 is 23.1 Å². The van der Waals surface area contributed by atoms with Crippen molar-refractivity contribution in [3.05, 3.63) is 187 Å². The summed E-state index contributed by atoms with van der Waals surface area (Å²) in [5, 5.41) is 16.6. The summed E-state index contributed by atoms with van der Waals surface area (Å²) in [6, 6.07) is 59.3. The van der Waals surface area contributed by atoms with Crippen molar-refractivity contribution in [3.8, 4) is 11.4 Å². The molecule has 336 valence electrons. The highest BCUT2D eigenvalue weighted by Gasteiger charge is 2.53. The minimum atomic E-state index is -2.98. The van der Waals surface area contributed by atoms with E-state index in [0.717, 1.165) is 34.7 Å². The second kappa shape index (κ2) is 20.9. The molecule has 6 aromatic carbocycles. The van der Waals surface area contributed by atoms with Crippen LogP contribution in [0.3, 0.4) is 0 Å². The lowest BCUT2D eigenvalue weighted by molar-refractivity contribution is -0.0612. The average Bonchev–Trinajstić information content (AvgIpc) is 3.80. The number of hydrogen-bond donors (Lipinski definition) is 0. The number of tetrazole rings is 1.